The van der Waals surface area contributed by atoms with Gasteiger partial charge in [-0.25, -0.2) is 22.3 Å². The molecule has 0 bridgehead atoms. The first-order valence-corrected chi connectivity index (χ1v) is 7.12. The molecule has 0 aromatic heterocycles. The SMILES string of the molecule is NS(=O)(=O)C1CC(=O)N(Cc2c(F)cccc2F)C1. The van der Waals surface area contributed by atoms with E-state index >= 15 is 0 Å². The van der Waals surface area contributed by atoms with Crippen LogP contribution in [0, 0.1) is 11.6 Å². The van der Waals surface area contributed by atoms with E-state index in [2.05, 4.69) is 0 Å². The lowest BCUT2D eigenvalue weighted by molar-refractivity contribution is -0.128. The Balaban J connectivity index is 2.19. The summed E-state index contributed by atoms with van der Waals surface area (Å²) in [6.07, 6.45) is -0.255. The van der Waals surface area contributed by atoms with Crippen LogP contribution >= 0.6 is 0 Å². The first kappa shape index (κ1) is 13.9. The molecule has 1 aliphatic rings. The molecule has 1 unspecified atom stereocenters. The molecule has 2 N–H and O–H groups in total. The molecule has 1 aliphatic heterocycles. The van der Waals surface area contributed by atoms with Crippen LogP contribution in [0.3, 0.4) is 0 Å². The quantitative estimate of drug-likeness (QED) is 0.872. The van der Waals surface area contributed by atoms with Gasteiger partial charge in [-0.3, -0.25) is 4.79 Å². The van der Waals surface area contributed by atoms with Gasteiger partial charge in [0.05, 0.1) is 6.54 Å². The largest absolute Gasteiger partial charge is 0.337 e. The number of rotatable bonds is 3. The van der Waals surface area contributed by atoms with Crippen LogP contribution in [-0.2, 0) is 21.4 Å². The minimum absolute atomic E-state index is 0.147. The summed E-state index contributed by atoms with van der Waals surface area (Å²) in [6, 6.07) is 3.37. The highest BCUT2D eigenvalue weighted by Gasteiger charge is 2.36. The van der Waals surface area contributed by atoms with Crippen LogP contribution in [0.15, 0.2) is 18.2 Å². The van der Waals surface area contributed by atoms with Crippen LogP contribution < -0.4 is 5.14 Å². The van der Waals surface area contributed by atoms with Gasteiger partial charge in [-0.15, -0.1) is 0 Å². The van der Waals surface area contributed by atoms with Crippen molar-refractivity contribution in [2.75, 3.05) is 6.54 Å². The van der Waals surface area contributed by atoms with Crippen molar-refractivity contribution >= 4 is 15.9 Å². The maximum absolute atomic E-state index is 13.4. The minimum Gasteiger partial charge on any atom is -0.337 e. The van der Waals surface area contributed by atoms with Crippen LogP contribution in [0.2, 0.25) is 0 Å². The highest BCUT2D eigenvalue weighted by atomic mass is 32.2. The van der Waals surface area contributed by atoms with E-state index < -0.39 is 32.8 Å². The van der Waals surface area contributed by atoms with Crippen LogP contribution in [0.25, 0.3) is 0 Å². The molecule has 2 rings (SSSR count). The Morgan fingerprint density at radius 2 is 1.89 bits per heavy atom. The molecule has 104 valence electrons. The van der Waals surface area contributed by atoms with Gasteiger partial charge < -0.3 is 4.90 Å². The first-order chi connectivity index (χ1) is 8.79. The predicted octanol–water partition coefficient (Wildman–Crippen LogP) is 0.354. The molecule has 5 nitrogen and oxygen atoms in total. The highest BCUT2D eigenvalue weighted by molar-refractivity contribution is 7.89. The fraction of sp³-hybridized carbons (Fsp3) is 0.364. The fourth-order valence-electron chi connectivity index (χ4n) is 1.98. The molecule has 0 saturated carbocycles. The van der Waals surface area contributed by atoms with Crippen molar-refractivity contribution in [3.63, 3.8) is 0 Å². The number of halogens is 2. The minimum atomic E-state index is -3.83. The molecule has 19 heavy (non-hydrogen) atoms. The summed E-state index contributed by atoms with van der Waals surface area (Å²) in [7, 11) is -3.83. The second kappa shape index (κ2) is 4.86. The monoisotopic (exact) mass is 290 g/mol. The van der Waals surface area contributed by atoms with E-state index in [0.29, 0.717) is 0 Å². The van der Waals surface area contributed by atoms with Crippen molar-refractivity contribution in [3.05, 3.63) is 35.4 Å². The number of primary sulfonamides is 1. The number of hydrogen-bond donors (Lipinski definition) is 1. The van der Waals surface area contributed by atoms with E-state index in [4.69, 9.17) is 5.14 Å². The molecule has 1 saturated heterocycles. The molecule has 0 radical (unpaired) electrons. The van der Waals surface area contributed by atoms with E-state index in [0.717, 1.165) is 17.0 Å². The Labute approximate surface area is 109 Å². The third kappa shape index (κ3) is 2.90. The zero-order valence-electron chi connectivity index (χ0n) is 9.84. The normalized spacial score (nSPS) is 20.1. The Bertz CT molecular complexity index is 598. The Hall–Kier alpha value is -1.54. The number of hydrogen-bond acceptors (Lipinski definition) is 3. The van der Waals surface area contributed by atoms with E-state index in [1.165, 1.54) is 6.07 Å². The number of carbonyl (C=O) groups excluding carboxylic acids is 1. The summed E-state index contributed by atoms with van der Waals surface area (Å²) >= 11 is 0. The molecule has 8 heteroatoms. The molecule has 1 fully saturated rings. The van der Waals surface area contributed by atoms with Crippen molar-refractivity contribution in [3.8, 4) is 0 Å². The number of sulfonamides is 1. The summed E-state index contributed by atoms with van der Waals surface area (Å²) in [6.45, 7) is -0.450. The Morgan fingerprint density at radius 3 is 2.37 bits per heavy atom. The summed E-state index contributed by atoms with van der Waals surface area (Å²) in [5.41, 5.74) is -0.258. The molecule has 1 atom stereocenters. The number of carbonyl (C=O) groups is 1. The molecular weight excluding hydrogens is 278 g/mol. The maximum Gasteiger partial charge on any atom is 0.224 e. The van der Waals surface area contributed by atoms with Gasteiger partial charge in [-0.1, -0.05) is 6.07 Å². The number of likely N-dealkylation sites (tertiary alicyclic amines) is 1. The van der Waals surface area contributed by atoms with Crippen LogP contribution in [0.4, 0.5) is 8.78 Å². The van der Waals surface area contributed by atoms with Gasteiger partial charge in [0, 0.05) is 18.5 Å². The molecule has 1 heterocycles. The second-order valence-electron chi connectivity index (χ2n) is 4.39. The van der Waals surface area contributed by atoms with Crippen molar-refractivity contribution in [2.45, 2.75) is 18.2 Å². The van der Waals surface area contributed by atoms with Crippen molar-refractivity contribution < 1.29 is 22.0 Å². The molecule has 1 aromatic carbocycles. The van der Waals surface area contributed by atoms with Gasteiger partial charge in [0.15, 0.2) is 0 Å². The number of nitrogens with zero attached hydrogens (tertiary/aromatic N) is 1. The fourth-order valence-corrected chi connectivity index (χ4v) is 2.75. The van der Waals surface area contributed by atoms with Gasteiger partial charge in [0.25, 0.3) is 0 Å². The number of benzene rings is 1. The third-order valence-corrected chi connectivity index (χ3v) is 4.30. The van der Waals surface area contributed by atoms with E-state index in [9.17, 15) is 22.0 Å². The Morgan fingerprint density at radius 1 is 1.32 bits per heavy atom. The van der Waals surface area contributed by atoms with Crippen molar-refractivity contribution in [1.82, 2.24) is 4.90 Å². The van der Waals surface area contributed by atoms with E-state index in [-0.39, 0.29) is 25.1 Å². The third-order valence-electron chi connectivity index (χ3n) is 3.05. The standard InChI is InChI=1S/C11H12F2N2O3S/c12-9-2-1-3-10(13)8(9)6-15-5-7(4-11(15)16)19(14,17)18/h1-3,7H,4-6H2,(H2,14,17,18). The topological polar surface area (TPSA) is 80.5 Å². The number of amides is 1. The smallest absolute Gasteiger partial charge is 0.224 e. The van der Waals surface area contributed by atoms with Gasteiger partial charge in [0.1, 0.15) is 16.9 Å². The molecule has 0 aliphatic carbocycles. The van der Waals surface area contributed by atoms with Gasteiger partial charge in [-0.2, -0.15) is 0 Å². The predicted molar refractivity (Wildman–Crippen MR) is 63.3 cm³/mol. The van der Waals surface area contributed by atoms with E-state index in [1.807, 2.05) is 0 Å². The summed E-state index contributed by atoms with van der Waals surface area (Å²) in [5, 5.41) is 3.94. The van der Waals surface area contributed by atoms with Crippen LogP contribution in [0.5, 0.6) is 0 Å². The lowest BCUT2D eigenvalue weighted by atomic mass is 10.2. The van der Waals surface area contributed by atoms with Crippen LogP contribution in [-0.4, -0.2) is 31.0 Å². The van der Waals surface area contributed by atoms with Crippen molar-refractivity contribution in [1.29, 1.82) is 0 Å². The summed E-state index contributed by atoms with van der Waals surface area (Å²) in [4.78, 5) is 12.7. The molecule has 1 amide bonds. The second-order valence-corrected chi connectivity index (χ2v) is 6.23. The average molecular weight is 290 g/mol. The highest BCUT2D eigenvalue weighted by Crippen LogP contribution is 2.21. The van der Waals surface area contributed by atoms with Crippen molar-refractivity contribution in [2.24, 2.45) is 5.14 Å². The lowest BCUT2D eigenvalue weighted by Gasteiger charge is -2.17. The summed E-state index contributed by atoms with van der Waals surface area (Å²) < 4.78 is 49.2. The molecular formula is C11H12F2N2O3S. The maximum atomic E-state index is 13.4. The molecule has 1 aromatic rings. The Kier molecular flexibility index (Phi) is 3.55. The van der Waals surface area contributed by atoms with Gasteiger partial charge in [-0.05, 0) is 12.1 Å². The van der Waals surface area contributed by atoms with E-state index in [1.54, 1.807) is 0 Å². The summed E-state index contributed by atoms with van der Waals surface area (Å²) in [5.74, 6) is -2.03. The molecule has 0 spiro atoms. The lowest BCUT2D eigenvalue weighted by Crippen LogP contribution is -2.32. The van der Waals surface area contributed by atoms with Crippen LogP contribution in [0.1, 0.15) is 12.0 Å². The number of nitrogens with two attached hydrogens (primary N) is 1. The zero-order chi connectivity index (χ0) is 14.2. The average Bonchev–Trinajstić information content (AvgIpc) is 2.65. The zero-order valence-corrected chi connectivity index (χ0v) is 10.7. The first-order valence-electron chi connectivity index (χ1n) is 5.51. The van der Waals surface area contributed by atoms with Gasteiger partial charge >= 0.3 is 0 Å². The van der Waals surface area contributed by atoms with Gasteiger partial charge in [0.2, 0.25) is 15.9 Å².